The van der Waals surface area contributed by atoms with Crippen molar-refractivity contribution in [3.05, 3.63) is 74.5 Å². The van der Waals surface area contributed by atoms with Crippen molar-refractivity contribution in [2.75, 3.05) is 37.6 Å². The lowest BCUT2D eigenvalue weighted by Crippen LogP contribution is -2.47. The summed E-state index contributed by atoms with van der Waals surface area (Å²) in [7, 11) is 0. The third-order valence-electron chi connectivity index (χ3n) is 5.74. The van der Waals surface area contributed by atoms with Crippen molar-refractivity contribution in [2.24, 2.45) is 0 Å². The van der Waals surface area contributed by atoms with Gasteiger partial charge >= 0.3 is 0 Å². The molecule has 3 aromatic rings. The van der Waals surface area contributed by atoms with E-state index in [1.807, 2.05) is 4.90 Å². The van der Waals surface area contributed by atoms with Gasteiger partial charge in [0.05, 0.1) is 27.5 Å². The largest absolute Gasteiger partial charge is 0.369 e. The van der Waals surface area contributed by atoms with E-state index in [1.54, 1.807) is 23.7 Å². The highest BCUT2D eigenvalue weighted by Gasteiger charge is 2.22. The molecule has 5 nitrogen and oxygen atoms in total. The molecule has 0 N–H and O–H groups in total. The average Bonchev–Trinajstić information content (AvgIpc) is 3.12. The number of ketones is 1. The smallest absolute Gasteiger partial charge is 0.167 e. The van der Waals surface area contributed by atoms with Crippen LogP contribution in [0.5, 0.6) is 0 Å². The molecule has 0 bridgehead atoms. The number of rotatable bonds is 6. The fourth-order valence-corrected chi connectivity index (χ4v) is 4.97. The first kappa shape index (κ1) is 26.7. The molecule has 34 heavy (non-hydrogen) atoms. The monoisotopic (exact) mass is 548 g/mol. The molecule has 0 amide bonds. The van der Waals surface area contributed by atoms with Crippen LogP contribution in [0.3, 0.4) is 0 Å². The Labute approximate surface area is 217 Å². The molecule has 0 spiro atoms. The van der Waals surface area contributed by atoms with E-state index in [9.17, 15) is 13.6 Å². The summed E-state index contributed by atoms with van der Waals surface area (Å²) in [6.07, 6.45) is 1.85. The second kappa shape index (κ2) is 11.2. The molecule has 11 heteroatoms. The number of aromatic nitrogens is 2. The van der Waals surface area contributed by atoms with E-state index in [4.69, 9.17) is 34.8 Å². The van der Waals surface area contributed by atoms with Gasteiger partial charge in [0.2, 0.25) is 0 Å². The van der Waals surface area contributed by atoms with Crippen LogP contribution in [-0.2, 0) is 0 Å². The number of piperazine rings is 1. The number of halogens is 6. The number of hydrogen-bond acceptors (Lipinski definition) is 4. The van der Waals surface area contributed by atoms with Crippen LogP contribution in [0.4, 0.5) is 14.5 Å². The maximum absolute atomic E-state index is 13.5. The molecule has 0 radical (unpaired) electrons. The van der Waals surface area contributed by atoms with E-state index in [0.29, 0.717) is 76.8 Å². The SMILES string of the molecule is Cc1c(C(=O)CCN2CCN(c3cc(F)cc(F)c3)CC2)cnn1-c1c(Cl)cc(Cl)cc1Cl.Cl. The predicted molar refractivity (Wildman–Crippen MR) is 135 cm³/mol. The Kier molecular flexibility index (Phi) is 8.82. The Morgan fingerprint density at radius 1 is 0.971 bits per heavy atom. The average molecular weight is 550 g/mol. The molecule has 2 aromatic carbocycles. The van der Waals surface area contributed by atoms with Crippen LogP contribution >= 0.6 is 47.2 Å². The van der Waals surface area contributed by atoms with Crippen LogP contribution in [0.2, 0.25) is 15.1 Å². The van der Waals surface area contributed by atoms with Gasteiger partial charge in [-0.2, -0.15) is 5.10 Å². The summed E-state index contributed by atoms with van der Waals surface area (Å²) in [6, 6.07) is 6.68. The molecular weight excluding hydrogens is 528 g/mol. The first-order valence-electron chi connectivity index (χ1n) is 10.4. The molecule has 1 fully saturated rings. The van der Waals surface area contributed by atoms with Gasteiger partial charge < -0.3 is 4.90 Å². The molecule has 182 valence electrons. The van der Waals surface area contributed by atoms with Crippen LogP contribution in [0.25, 0.3) is 5.69 Å². The molecule has 1 aliphatic heterocycles. The molecule has 0 atom stereocenters. The predicted octanol–water partition coefficient (Wildman–Crippen LogP) is 6.24. The Bertz CT molecular complexity index is 1150. The Hall–Kier alpha value is -1.90. The molecule has 1 aliphatic rings. The quantitative estimate of drug-likeness (QED) is 0.341. The van der Waals surface area contributed by atoms with Gasteiger partial charge in [-0.1, -0.05) is 34.8 Å². The fourth-order valence-electron chi connectivity index (χ4n) is 3.99. The maximum atomic E-state index is 13.5. The summed E-state index contributed by atoms with van der Waals surface area (Å²) in [5.74, 6) is -1.21. The topological polar surface area (TPSA) is 41.4 Å². The Morgan fingerprint density at radius 3 is 2.15 bits per heavy atom. The molecule has 2 heterocycles. The summed E-state index contributed by atoms with van der Waals surface area (Å²) in [5, 5.41) is 5.41. The van der Waals surface area contributed by atoms with E-state index in [0.717, 1.165) is 6.07 Å². The van der Waals surface area contributed by atoms with E-state index in [2.05, 4.69) is 10.00 Å². The van der Waals surface area contributed by atoms with Crippen LogP contribution in [0.1, 0.15) is 22.5 Å². The van der Waals surface area contributed by atoms with Crippen LogP contribution < -0.4 is 4.90 Å². The highest BCUT2D eigenvalue weighted by Crippen LogP contribution is 2.33. The second-order valence-corrected chi connectivity index (χ2v) is 9.15. The van der Waals surface area contributed by atoms with Crippen LogP contribution in [-0.4, -0.2) is 53.2 Å². The lowest BCUT2D eigenvalue weighted by molar-refractivity contribution is 0.0962. The number of Topliss-reactive ketones (excluding diaryl/α,β-unsaturated/α-hetero) is 1. The van der Waals surface area contributed by atoms with Crippen molar-refractivity contribution in [2.45, 2.75) is 13.3 Å². The summed E-state index contributed by atoms with van der Waals surface area (Å²) in [4.78, 5) is 17.0. The zero-order valence-electron chi connectivity index (χ0n) is 18.2. The fraction of sp³-hybridized carbons (Fsp3) is 0.304. The molecule has 1 aromatic heterocycles. The number of hydrogen-bond donors (Lipinski definition) is 0. The number of anilines is 1. The summed E-state index contributed by atoms with van der Waals surface area (Å²) < 4.78 is 28.5. The number of carbonyl (C=O) groups is 1. The van der Waals surface area contributed by atoms with Crippen molar-refractivity contribution < 1.29 is 13.6 Å². The molecule has 1 saturated heterocycles. The minimum absolute atomic E-state index is 0. The van der Waals surface area contributed by atoms with E-state index >= 15 is 0 Å². The van der Waals surface area contributed by atoms with Crippen molar-refractivity contribution in [3.63, 3.8) is 0 Å². The first-order valence-corrected chi connectivity index (χ1v) is 11.5. The number of benzene rings is 2. The van der Waals surface area contributed by atoms with E-state index < -0.39 is 11.6 Å². The van der Waals surface area contributed by atoms with Gasteiger partial charge in [0.1, 0.15) is 17.3 Å². The van der Waals surface area contributed by atoms with Crippen molar-refractivity contribution in [3.8, 4) is 5.69 Å². The molecular formula is C23H22Cl4F2N4O. The molecule has 4 rings (SSSR count). The first-order chi connectivity index (χ1) is 15.7. The van der Waals surface area contributed by atoms with Crippen molar-refractivity contribution >= 4 is 58.7 Å². The Balaban J connectivity index is 0.00000324. The molecule has 0 saturated carbocycles. The van der Waals surface area contributed by atoms with Gasteiger partial charge in [-0.25, -0.2) is 13.5 Å². The third kappa shape index (κ3) is 5.83. The zero-order valence-corrected chi connectivity index (χ0v) is 21.3. The second-order valence-electron chi connectivity index (χ2n) is 7.90. The van der Waals surface area contributed by atoms with Gasteiger partial charge in [-0.05, 0) is 31.2 Å². The highest BCUT2D eigenvalue weighted by atomic mass is 35.5. The van der Waals surface area contributed by atoms with Crippen LogP contribution in [0, 0.1) is 18.6 Å². The number of nitrogens with zero attached hydrogens (tertiary/aromatic N) is 4. The standard InChI is InChI=1S/C23H21Cl3F2N4O.ClH/c1-14-19(13-29-32(14)23-20(25)8-15(24)9-21(23)26)22(33)2-3-30-4-6-31(7-5-30)18-11-16(27)10-17(28)12-18;/h8-13H,2-7H2,1H3;1H. The Morgan fingerprint density at radius 2 is 1.56 bits per heavy atom. The van der Waals surface area contributed by atoms with Crippen LogP contribution in [0.15, 0.2) is 36.5 Å². The minimum Gasteiger partial charge on any atom is -0.369 e. The number of carbonyl (C=O) groups excluding carboxylic acids is 1. The lowest BCUT2D eigenvalue weighted by atomic mass is 10.1. The van der Waals surface area contributed by atoms with Gasteiger partial charge in [0.25, 0.3) is 0 Å². The maximum Gasteiger partial charge on any atom is 0.167 e. The lowest BCUT2D eigenvalue weighted by Gasteiger charge is -2.36. The minimum atomic E-state index is -0.588. The molecule has 0 aliphatic carbocycles. The zero-order chi connectivity index (χ0) is 23.7. The van der Waals surface area contributed by atoms with Crippen molar-refractivity contribution in [1.82, 2.24) is 14.7 Å². The molecule has 0 unspecified atom stereocenters. The van der Waals surface area contributed by atoms with Gasteiger partial charge in [-0.3, -0.25) is 9.69 Å². The highest BCUT2D eigenvalue weighted by molar-refractivity contribution is 6.40. The summed E-state index contributed by atoms with van der Waals surface area (Å²) in [5.41, 5.74) is 2.16. The van der Waals surface area contributed by atoms with Gasteiger partial charge in [0, 0.05) is 55.9 Å². The van der Waals surface area contributed by atoms with E-state index in [-0.39, 0.29) is 18.2 Å². The van der Waals surface area contributed by atoms with Crippen molar-refractivity contribution in [1.29, 1.82) is 0 Å². The third-order valence-corrected chi connectivity index (χ3v) is 6.54. The summed E-state index contributed by atoms with van der Waals surface area (Å²) >= 11 is 18.6. The summed E-state index contributed by atoms with van der Waals surface area (Å²) in [6.45, 7) is 5.01. The van der Waals surface area contributed by atoms with Gasteiger partial charge in [-0.15, -0.1) is 12.4 Å². The van der Waals surface area contributed by atoms with E-state index in [1.165, 1.54) is 18.3 Å². The van der Waals surface area contributed by atoms with Gasteiger partial charge in [0.15, 0.2) is 5.78 Å². The normalized spacial score (nSPS) is 14.2.